The molecule has 0 aliphatic heterocycles. The van der Waals surface area contributed by atoms with Gasteiger partial charge in [0.25, 0.3) is 0 Å². The zero-order valence-corrected chi connectivity index (χ0v) is 10.2. The number of para-hydroxylation sites is 1. The van der Waals surface area contributed by atoms with E-state index in [1.807, 2.05) is 0 Å². The standard InChI is InChI=1S/C11H16N2O3S/c14-8-7-12-10-3-1-2-4-11(10)17(15,16)13-9-5-6-9/h1-4,9,12-14H,5-8H2. The van der Waals surface area contributed by atoms with Crippen molar-refractivity contribution in [2.24, 2.45) is 0 Å². The molecule has 2 rings (SSSR count). The number of hydrogen-bond acceptors (Lipinski definition) is 4. The summed E-state index contributed by atoms with van der Waals surface area (Å²) >= 11 is 0. The minimum atomic E-state index is -3.45. The van der Waals surface area contributed by atoms with Crippen molar-refractivity contribution in [1.82, 2.24) is 4.72 Å². The van der Waals surface area contributed by atoms with Crippen molar-refractivity contribution in [2.75, 3.05) is 18.5 Å². The lowest BCUT2D eigenvalue weighted by Crippen LogP contribution is -2.26. The van der Waals surface area contributed by atoms with E-state index in [1.54, 1.807) is 24.3 Å². The summed E-state index contributed by atoms with van der Waals surface area (Å²) in [5, 5.41) is 11.6. The third kappa shape index (κ3) is 3.18. The van der Waals surface area contributed by atoms with E-state index in [9.17, 15) is 8.42 Å². The quantitative estimate of drug-likeness (QED) is 0.694. The molecular weight excluding hydrogens is 240 g/mol. The van der Waals surface area contributed by atoms with Crippen LogP contribution in [0.5, 0.6) is 0 Å². The van der Waals surface area contributed by atoms with Gasteiger partial charge in [-0.15, -0.1) is 0 Å². The van der Waals surface area contributed by atoms with Crippen LogP contribution in [-0.2, 0) is 10.0 Å². The number of nitrogens with one attached hydrogen (secondary N) is 2. The van der Waals surface area contributed by atoms with E-state index in [2.05, 4.69) is 10.0 Å². The van der Waals surface area contributed by atoms with Gasteiger partial charge in [0.1, 0.15) is 4.90 Å². The van der Waals surface area contributed by atoms with E-state index >= 15 is 0 Å². The van der Waals surface area contributed by atoms with E-state index in [4.69, 9.17) is 5.11 Å². The Bertz CT molecular complexity index is 483. The predicted molar refractivity (Wildman–Crippen MR) is 65.4 cm³/mol. The molecule has 0 amide bonds. The Hall–Kier alpha value is -1.11. The average molecular weight is 256 g/mol. The highest BCUT2D eigenvalue weighted by molar-refractivity contribution is 7.89. The number of aliphatic hydroxyl groups excluding tert-OH is 1. The van der Waals surface area contributed by atoms with Gasteiger partial charge in [0, 0.05) is 12.6 Å². The van der Waals surface area contributed by atoms with Gasteiger partial charge in [0.2, 0.25) is 10.0 Å². The van der Waals surface area contributed by atoms with Crippen molar-refractivity contribution < 1.29 is 13.5 Å². The van der Waals surface area contributed by atoms with Crippen LogP contribution in [0.25, 0.3) is 0 Å². The first-order valence-electron chi connectivity index (χ1n) is 5.59. The fraction of sp³-hybridized carbons (Fsp3) is 0.455. The first-order chi connectivity index (χ1) is 8.13. The van der Waals surface area contributed by atoms with Crippen LogP contribution in [0.1, 0.15) is 12.8 Å². The molecule has 0 atom stereocenters. The molecule has 3 N–H and O–H groups in total. The van der Waals surface area contributed by atoms with Gasteiger partial charge in [-0.25, -0.2) is 13.1 Å². The molecule has 1 aromatic carbocycles. The molecule has 94 valence electrons. The maximum Gasteiger partial charge on any atom is 0.242 e. The second-order valence-corrected chi connectivity index (χ2v) is 5.72. The highest BCUT2D eigenvalue weighted by atomic mass is 32.2. The van der Waals surface area contributed by atoms with Crippen molar-refractivity contribution in [3.8, 4) is 0 Å². The summed E-state index contributed by atoms with van der Waals surface area (Å²) in [6.07, 6.45) is 1.82. The largest absolute Gasteiger partial charge is 0.395 e. The number of sulfonamides is 1. The Morgan fingerprint density at radius 1 is 1.29 bits per heavy atom. The molecule has 6 heteroatoms. The summed E-state index contributed by atoms with van der Waals surface area (Å²) in [4.78, 5) is 0.236. The highest BCUT2D eigenvalue weighted by Crippen LogP contribution is 2.25. The third-order valence-electron chi connectivity index (χ3n) is 2.50. The van der Waals surface area contributed by atoms with Gasteiger partial charge in [0.05, 0.1) is 12.3 Å². The maximum atomic E-state index is 12.1. The Kier molecular flexibility index (Phi) is 3.66. The van der Waals surface area contributed by atoms with Crippen molar-refractivity contribution >= 4 is 15.7 Å². The van der Waals surface area contributed by atoms with Gasteiger partial charge >= 0.3 is 0 Å². The molecule has 1 aliphatic carbocycles. The van der Waals surface area contributed by atoms with E-state index in [0.29, 0.717) is 12.2 Å². The zero-order valence-electron chi connectivity index (χ0n) is 9.39. The van der Waals surface area contributed by atoms with Crippen LogP contribution in [-0.4, -0.2) is 32.7 Å². The molecule has 0 aromatic heterocycles. The summed E-state index contributed by atoms with van der Waals surface area (Å²) in [6, 6.07) is 6.79. The lowest BCUT2D eigenvalue weighted by atomic mass is 10.3. The number of hydrogen-bond donors (Lipinski definition) is 3. The molecule has 0 bridgehead atoms. The van der Waals surface area contributed by atoms with Gasteiger partial charge in [-0.1, -0.05) is 12.1 Å². The number of anilines is 1. The monoisotopic (exact) mass is 256 g/mol. The molecule has 1 saturated carbocycles. The fourth-order valence-electron chi connectivity index (χ4n) is 1.52. The maximum absolute atomic E-state index is 12.1. The van der Waals surface area contributed by atoms with Crippen LogP contribution in [0.3, 0.4) is 0 Å². The van der Waals surface area contributed by atoms with E-state index in [1.165, 1.54) is 0 Å². The van der Waals surface area contributed by atoms with Crippen molar-refractivity contribution in [3.05, 3.63) is 24.3 Å². The average Bonchev–Trinajstić information content (AvgIpc) is 3.10. The van der Waals surface area contributed by atoms with Crippen LogP contribution >= 0.6 is 0 Å². The summed E-state index contributed by atoms with van der Waals surface area (Å²) in [5.74, 6) is 0. The third-order valence-corrected chi connectivity index (χ3v) is 4.08. The second-order valence-electron chi connectivity index (χ2n) is 4.04. The van der Waals surface area contributed by atoms with E-state index in [0.717, 1.165) is 12.8 Å². The van der Waals surface area contributed by atoms with Gasteiger partial charge in [0.15, 0.2) is 0 Å². The minimum absolute atomic E-state index is 0.0373. The summed E-state index contributed by atoms with van der Waals surface area (Å²) in [7, 11) is -3.45. The van der Waals surface area contributed by atoms with E-state index < -0.39 is 10.0 Å². The Morgan fingerprint density at radius 3 is 2.65 bits per heavy atom. The Morgan fingerprint density at radius 2 is 2.00 bits per heavy atom. The van der Waals surface area contributed by atoms with Gasteiger partial charge in [-0.3, -0.25) is 0 Å². The summed E-state index contributed by atoms with van der Waals surface area (Å²) < 4.78 is 26.7. The van der Waals surface area contributed by atoms with Crippen LogP contribution in [0.4, 0.5) is 5.69 Å². The molecule has 17 heavy (non-hydrogen) atoms. The highest BCUT2D eigenvalue weighted by Gasteiger charge is 2.29. The fourth-order valence-corrected chi connectivity index (χ4v) is 3.01. The van der Waals surface area contributed by atoms with Crippen molar-refractivity contribution in [1.29, 1.82) is 0 Å². The lowest BCUT2D eigenvalue weighted by Gasteiger charge is -2.12. The lowest BCUT2D eigenvalue weighted by molar-refractivity contribution is 0.311. The van der Waals surface area contributed by atoms with Crippen LogP contribution in [0.2, 0.25) is 0 Å². The predicted octanol–water partition coefficient (Wildman–Crippen LogP) is 0.531. The van der Waals surface area contributed by atoms with Gasteiger partial charge < -0.3 is 10.4 Å². The van der Waals surface area contributed by atoms with Crippen LogP contribution in [0.15, 0.2) is 29.2 Å². The smallest absolute Gasteiger partial charge is 0.242 e. The topological polar surface area (TPSA) is 78.4 Å². The molecule has 0 heterocycles. The number of aliphatic hydroxyl groups is 1. The molecule has 0 radical (unpaired) electrons. The van der Waals surface area contributed by atoms with Gasteiger partial charge in [-0.05, 0) is 25.0 Å². The van der Waals surface area contributed by atoms with Crippen LogP contribution in [0, 0.1) is 0 Å². The molecular formula is C11H16N2O3S. The van der Waals surface area contributed by atoms with Crippen molar-refractivity contribution in [2.45, 2.75) is 23.8 Å². The normalized spacial score (nSPS) is 15.8. The first kappa shape index (κ1) is 12.3. The Labute approximate surface area is 101 Å². The second kappa shape index (κ2) is 5.03. The Balaban J connectivity index is 2.23. The van der Waals surface area contributed by atoms with Gasteiger partial charge in [-0.2, -0.15) is 0 Å². The minimum Gasteiger partial charge on any atom is -0.395 e. The first-order valence-corrected chi connectivity index (χ1v) is 7.08. The summed E-state index contributed by atoms with van der Waals surface area (Å²) in [5.41, 5.74) is 0.523. The molecule has 5 nitrogen and oxygen atoms in total. The molecule has 1 aromatic rings. The number of benzene rings is 1. The zero-order chi connectivity index (χ0) is 12.3. The molecule has 1 fully saturated rings. The molecule has 0 spiro atoms. The summed E-state index contributed by atoms with van der Waals surface area (Å²) in [6.45, 7) is 0.292. The van der Waals surface area contributed by atoms with Crippen LogP contribution < -0.4 is 10.0 Å². The molecule has 0 saturated heterocycles. The van der Waals surface area contributed by atoms with E-state index in [-0.39, 0.29) is 17.5 Å². The molecule has 1 aliphatic rings. The number of rotatable bonds is 6. The van der Waals surface area contributed by atoms with Crippen molar-refractivity contribution in [3.63, 3.8) is 0 Å². The SMILES string of the molecule is O=S(=O)(NC1CC1)c1ccccc1NCCO. The molecule has 0 unspecified atom stereocenters.